The van der Waals surface area contributed by atoms with Gasteiger partial charge in [0, 0.05) is 11.3 Å². The molecule has 2 aliphatic carbocycles. The van der Waals surface area contributed by atoms with Gasteiger partial charge in [0.2, 0.25) is 0 Å². The number of fused-ring (bicyclic) bond motifs is 8. The van der Waals surface area contributed by atoms with E-state index in [1.165, 1.54) is 62.2 Å². The first-order valence-electron chi connectivity index (χ1n) is 14.8. The second-order valence-corrected chi connectivity index (χ2v) is 14.1. The van der Waals surface area contributed by atoms with Crippen molar-refractivity contribution in [3.8, 4) is 11.1 Å². The summed E-state index contributed by atoms with van der Waals surface area (Å²) in [5.41, 5.74) is 10.7. The molecule has 7 rings (SSSR count). The van der Waals surface area contributed by atoms with E-state index >= 15 is 0 Å². The maximum Gasteiger partial charge on any atom is 0.0204 e. The van der Waals surface area contributed by atoms with E-state index in [9.17, 15) is 0 Å². The Morgan fingerprint density at radius 3 is 1.92 bits per heavy atom. The predicted octanol–water partition coefficient (Wildman–Crippen LogP) is 10.7. The van der Waals surface area contributed by atoms with Gasteiger partial charge in [-0.3, -0.25) is 0 Å². The van der Waals surface area contributed by atoms with Crippen LogP contribution in [0.15, 0.2) is 91.0 Å². The molecule has 0 aliphatic heterocycles. The van der Waals surface area contributed by atoms with Gasteiger partial charge < -0.3 is 0 Å². The molecule has 0 aromatic heterocycles. The third-order valence-corrected chi connectivity index (χ3v) is 10.1. The van der Waals surface area contributed by atoms with Crippen molar-refractivity contribution < 1.29 is 0 Å². The van der Waals surface area contributed by atoms with E-state index in [2.05, 4.69) is 133 Å². The zero-order chi connectivity index (χ0) is 27.2. The molecule has 5 aromatic rings. The van der Waals surface area contributed by atoms with Gasteiger partial charge in [-0.1, -0.05) is 126 Å². The van der Waals surface area contributed by atoms with Crippen molar-refractivity contribution in [1.29, 1.82) is 0 Å². The van der Waals surface area contributed by atoms with Crippen LogP contribution in [0.1, 0.15) is 88.1 Å². The highest BCUT2D eigenvalue weighted by atomic mass is 14.6. The van der Waals surface area contributed by atoms with Crippen LogP contribution in [-0.2, 0) is 17.3 Å². The van der Waals surface area contributed by atoms with Crippen LogP contribution in [0.5, 0.6) is 0 Å². The predicted molar refractivity (Wildman–Crippen MR) is 168 cm³/mol. The van der Waals surface area contributed by atoms with Gasteiger partial charge in [0.25, 0.3) is 0 Å². The molecule has 0 nitrogen and oxygen atoms in total. The molecule has 0 bridgehead atoms. The lowest BCUT2D eigenvalue weighted by molar-refractivity contribution is 0.135. The summed E-state index contributed by atoms with van der Waals surface area (Å²) in [7, 11) is 0. The first-order chi connectivity index (χ1) is 18.6. The van der Waals surface area contributed by atoms with Gasteiger partial charge in [0.15, 0.2) is 0 Å². The summed E-state index contributed by atoms with van der Waals surface area (Å²) in [5.74, 6) is 0.347. The molecule has 0 fully saturated rings. The molecule has 0 N–H and O–H groups in total. The summed E-state index contributed by atoms with van der Waals surface area (Å²) in [6, 6.07) is 34.9. The highest BCUT2D eigenvalue weighted by molar-refractivity contribution is 6.11. The van der Waals surface area contributed by atoms with E-state index in [1.54, 1.807) is 11.1 Å². The molecule has 0 spiro atoms. The minimum atomic E-state index is -0.00171. The van der Waals surface area contributed by atoms with E-state index < -0.39 is 0 Å². The van der Waals surface area contributed by atoms with Crippen LogP contribution in [-0.4, -0.2) is 0 Å². The molecule has 5 aromatic carbocycles. The summed E-state index contributed by atoms with van der Waals surface area (Å²) < 4.78 is 0. The lowest BCUT2D eigenvalue weighted by atomic mass is 9.49. The lowest BCUT2D eigenvalue weighted by Crippen LogP contribution is -2.47. The average Bonchev–Trinajstić information content (AvgIpc) is 3.25. The average molecular weight is 509 g/mol. The summed E-state index contributed by atoms with van der Waals surface area (Å²) in [4.78, 5) is 0. The molecule has 2 aliphatic rings. The molecule has 0 saturated heterocycles. The Labute approximate surface area is 234 Å². The first kappa shape index (κ1) is 24.6. The van der Waals surface area contributed by atoms with Crippen molar-refractivity contribution in [3.63, 3.8) is 0 Å². The van der Waals surface area contributed by atoms with Crippen LogP contribution < -0.4 is 0 Å². The normalized spacial score (nSPS) is 19.2. The fourth-order valence-electron chi connectivity index (χ4n) is 8.42. The van der Waals surface area contributed by atoms with Gasteiger partial charge in [0.05, 0.1) is 0 Å². The summed E-state index contributed by atoms with van der Waals surface area (Å²) in [5, 5.41) is 5.68. The Hall–Kier alpha value is -3.38. The van der Waals surface area contributed by atoms with Crippen molar-refractivity contribution in [2.45, 2.75) is 77.6 Å². The molecule has 196 valence electrons. The van der Waals surface area contributed by atoms with Gasteiger partial charge in [-0.2, -0.15) is 0 Å². The van der Waals surface area contributed by atoms with E-state index in [0.29, 0.717) is 5.92 Å². The molecule has 0 amide bonds. The molecule has 1 unspecified atom stereocenters. The Bertz CT molecular complexity index is 1710. The Morgan fingerprint density at radius 2 is 1.28 bits per heavy atom. The second kappa shape index (κ2) is 8.31. The minimum absolute atomic E-state index is 0.00171. The summed E-state index contributed by atoms with van der Waals surface area (Å²) >= 11 is 0. The SMILES string of the molecule is CC(C)(C)c1cc2ccccc2c2ccc3c(c12)CCCC3(C1c2ccccc2-c2ccccc21)C(C)(C)C. The quantitative estimate of drug-likeness (QED) is 0.198. The molecule has 0 radical (unpaired) electrons. The highest BCUT2D eigenvalue weighted by Gasteiger charge is 2.54. The molecule has 0 saturated carbocycles. The van der Waals surface area contributed by atoms with Gasteiger partial charge in [-0.05, 0) is 96.6 Å². The number of hydrogen-bond donors (Lipinski definition) is 0. The van der Waals surface area contributed by atoms with E-state index in [4.69, 9.17) is 0 Å². The molecular weight excluding hydrogens is 468 g/mol. The molecule has 39 heavy (non-hydrogen) atoms. The Balaban J connectivity index is 1.62. The fraction of sp³-hybridized carbons (Fsp3) is 0.333. The van der Waals surface area contributed by atoms with E-state index in [-0.39, 0.29) is 16.2 Å². The van der Waals surface area contributed by atoms with E-state index in [0.717, 1.165) is 6.42 Å². The zero-order valence-corrected chi connectivity index (χ0v) is 24.4. The monoisotopic (exact) mass is 508 g/mol. The first-order valence-corrected chi connectivity index (χ1v) is 14.8. The van der Waals surface area contributed by atoms with Crippen LogP contribution in [0.25, 0.3) is 32.7 Å². The van der Waals surface area contributed by atoms with Crippen molar-refractivity contribution in [2.75, 3.05) is 0 Å². The lowest BCUT2D eigenvalue weighted by Gasteiger charge is -2.53. The topological polar surface area (TPSA) is 0 Å². The van der Waals surface area contributed by atoms with Crippen LogP contribution in [0.3, 0.4) is 0 Å². The molecular formula is C39H40. The minimum Gasteiger partial charge on any atom is -0.0619 e. The maximum atomic E-state index is 2.55. The van der Waals surface area contributed by atoms with Crippen LogP contribution in [0, 0.1) is 5.41 Å². The molecule has 0 heterocycles. The number of benzene rings is 5. The number of hydrogen-bond acceptors (Lipinski definition) is 0. The second-order valence-electron chi connectivity index (χ2n) is 14.1. The smallest absolute Gasteiger partial charge is 0.0204 e. The van der Waals surface area contributed by atoms with Crippen molar-refractivity contribution in [2.24, 2.45) is 5.41 Å². The van der Waals surface area contributed by atoms with Gasteiger partial charge in [-0.15, -0.1) is 0 Å². The van der Waals surface area contributed by atoms with Crippen LogP contribution in [0.4, 0.5) is 0 Å². The van der Waals surface area contributed by atoms with Gasteiger partial charge in [-0.25, -0.2) is 0 Å². The zero-order valence-electron chi connectivity index (χ0n) is 24.4. The number of aryl methyl sites for hydroxylation is 1. The third-order valence-electron chi connectivity index (χ3n) is 10.1. The molecule has 1 atom stereocenters. The third kappa shape index (κ3) is 3.37. The fourth-order valence-corrected chi connectivity index (χ4v) is 8.42. The standard InChI is InChI=1S/C39H40/c1-37(2,3)34-24-25-14-7-8-15-26(25)29-21-22-33-32(35(29)34)20-13-23-39(33,38(4,5)6)36-30-18-11-9-16-27(30)28-17-10-12-19-31(28)36/h7-12,14-19,21-22,24,36H,13,20,23H2,1-6H3. The summed E-state index contributed by atoms with van der Waals surface area (Å²) in [6.45, 7) is 14.7. The van der Waals surface area contributed by atoms with E-state index in [1.807, 2.05) is 0 Å². The van der Waals surface area contributed by atoms with Crippen LogP contribution in [0.2, 0.25) is 0 Å². The number of rotatable bonds is 1. The highest BCUT2D eigenvalue weighted by Crippen LogP contribution is 2.64. The van der Waals surface area contributed by atoms with Crippen molar-refractivity contribution in [3.05, 3.63) is 119 Å². The Morgan fingerprint density at radius 1 is 0.667 bits per heavy atom. The maximum absolute atomic E-state index is 2.55. The van der Waals surface area contributed by atoms with Crippen molar-refractivity contribution in [1.82, 2.24) is 0 Å². The van der Waals surface area contributed by atoms with Gasteiger partial charge >= 0.3 is 0 Å². The largest absolute Gasteiger partial charge is 0.0619 e. The Kier molecular flexibility index (Phi) is 5.25. The van der Waals surface area contributed by atoms with Crippen LogP contribution >= 0.6 is 0 Å². The van der Waals surface area contributed by atoms with Gasteiger partial charge in [0.1, 0.15) is 0 Å². The summed E-state index contributed by atoms with van der Waals surface area (Å²) in [6.07, 6.45) is 3.59. The molecule has 0 heteroatoms. The van der Waals surface area contributed by atoms with Crippen molar-refractivity contribution >= 4 is 21.5 Å².